The lowest BCUT2D eigenvalue weighted by Gasteiger charge is -2.14. The van der Waals surface area contributed by atoms with Crippen LogP contribution in [0.25, 0.3) is 0 Å². The van der Waals surface area contributed by atoms with Gasteiger partial charge in [-0.3, -0.25) is 10.1 Å². The summed E-state index contributed by atoms with van der Waals surface area (Å²) in [5.74, 6) is -0.668. The normalized spacial score (nSPS) is 11.2. The molecule has 0 aliphatic heterocycles. The van der Waals surface area contributed by atoms with E-state index in [0.717, 1.165) is 0 Å². The second-order valence-electron chi connectivity index (χ2n) is 6.73. The van der Waals surface area contributed by atoms with E-state index in [4.69, 9.17) is 18.9 Å². The first-order chi connectivity index (χ1) is 15.9. The van der Waals surface area contributed by atoms with Gasteiger partial charge in [0.2, 0.25) is 0 Å². The van der Waals surface area contributed by atoms with Crippen molar-refractivity contribution in [1.29, 1.82) is 0 Å². The number of nitro groups is 1. The Bertz CT molecular complexity index is 1120. The Labute approximate surface area is 189 Å². The third-order valence-electron chi connectivity index (χ3n) is 4.31. The van der Waals surface area contributed by atoms with E-state index in [1.807, 2.05) is 18.2 Å². The van der Waals surface area contributed by atoms with E-state index in [9.17, 15) is 19.7 Å². The molecule has 9 nitrogen and oxygen atoms in total. The monoisotopic (exact) mass is 451 g/mol. The summed E-state index contributed by atoms with van der Waals surface area (Å²) in [5.41, 5.74) is -0.0783. The minimum Gasteiger partial charge on any atom is -0.490 e. The zero-order valence-electron chi connectivity index (χ0n) is 17.7. The van der Waals surface area contributed by atoms with Crippen LogP contribution in [0.5, 0.6) is 17.2 Å². The maximum atomic E-state index is 12.4. The summed E-state index contributed by atoms with van der Waals surface area (Å²) in [4.78, 5) is 35.1. The number of esters is 2. The van der Waals surface area contributed by atoms with Gasteiger partial charge in [0.25, 0.3) is 0 Å². The number of nitrogens with zero attached hydrogens (tertiary/aromatic N) is 1. The smallest absolute Gasteiger partial charge is 0.352 e. The summed E-state index contributed by atoms with van der Waals surface area (Å²) < 4.78 is 21.3. The Morgan fingerprint density at radius 1 is 0.909 bits per heavy atom. The van der Waals surface area contributed by atoms with E-state index >= 15 is 0 Å². The number of nitro benzene ring substituents is 1. The zero-order chi connectivity index (χ0) is 23.6. The van der Waals surface area contributed by atoms with Crippen LogP contribution in [0.1, 0.15) is 17.3 Å². The highest BCUT2D eigenvalue weighted by atomic mass is 16.6. The van der Waals surface area contributed by atoms with Gasteiger partial charge in [0.1, 0.15) is 24.7 Å². The molecule has 170 valence electrons. The van der Waals surface area contributed by atoms with Gasteiger partial charge in [-0.25, -0.2) is 9.59 Å². The molecule has 0 amide bonds. The molecule has 0 N–H and O–H groups in total. The van der Waals surface area contributed by atoms with E-state index in [0.29, 0.717) is 5.75 Å². The van der Waals surface area contributed by atoms with Gasteiger partial charge < -0.3 is 18.9 Å². The van der Waals surface area contributed by atoms with Crippen molar-refractivity contribution in [2.45, 2.75) is 13.0 Å². The van der Waals surface area contributed by atoms with Crippen molar-refractivity contribution in [3.05, 3.63) is 94.5 Å². The molecule has 0 saturated heterocycles. The molecule has 1 unspecified atom stereocenters. The molecule has 0 heterocycles. The highest BCUT2D eigenvalue weighted by Gasteiger charge is 2.22. The molecule has 3 aromatic rings. The molecule has 0 aliphatic carbocycles. The number of hydrogen-bond donors (Lipinski definition) is 0. The number of hydrogen-bond acceptors (Lipinski definition) is 8. The molecule has 9 heteroatoms. The summed E-state index contributed by atoms with van der Waals surface area (Å²) in [6.07, 6.45) is -1.13. The van der Waals surface area contributed by atoms with Gasteiger partial charge in [0, 0.05) is 6.07 Å². The Morgan fingerprint density at radius 2 is 1.61 bits per heavy atom. The van der Waals surface area contributed by atoms with Crippen molar-refractivity contribution < 1.29 is 33.5 Å². The Kier molecular flexibility index (Phi) is 7.96. The van der Waals surface area contributed by atoms with Crippen LogP contribution < -0.4 is 14.2 Å². The highest BCUT2D eigenvalue weighted by molar-refractivity contribution is 5.90. The van der Waals surface area contributed by atoms with Crippen LogP contribution in [0.4, 0.5) is 5.69 Å². The lowest BCUT2D eigenvalue weighted by atomic mass is 10.2. The summed E-state index contributed by atoms with van der Waals surface area (Å²) in [7, 11) is 0. The summed E-state index contributed by atoms with van der Waals surface area (Å²) in [6.45, 7) is 1.63. The first-order valence-electron chi connectivity index (χ1n) is 10.0. The van der Waals surface area contributed by atoms with Gasteiger partial charge >= 0.3 is 17.6 Å². The second kappa shape index (κ2) is 11.3. The molecule has 0 radical (unpaired) electrons. The van der Waals surface area contributed by atoms with E-state index in [2.05, 4.69) is 0 Å². The van der Waals surface area contributed by atoms with E-state index in [-0.39, 0.29) is 36.0 Å². The largest absolute Gasteiger partial charge is 0.490 e. The zero-order valence-corrected chi connectivity index (χ0v) is 17.7. The molecule has 33 heavy (non-hydrogen) atoms. The predicted molar refractivity (Wildman–Crippen MR) is 117 cm³/mol. The highest BCUT2D eigenvalue weighted by Crippen LogP contribution is 2.27. The molecule has 0 fully saturated rings. The maximum Gasteiger partial charge on any atom is 0.352 e. The summed E-state index contributed by atoms with van der Waals surface area (Å²) >= 11 is 0. The number of carbonyl (C=O) groups is 2. The minimum absolute atomic E-state index is 0.0402. The van der Waals surface area contributed by atoms with Crippen molar-refractivity contribution >= 4 is 17.6 Å². The number of rotatable bonds is 10. The third kappa shape index (κ3) is 6.79. The maximum absolute atomic E-state index is 12.4. The first-order valence-corrected chi connectivity index (χ1v) is 10.0. The molecular formula is C24H21NO8. The average Bonchev–Trinajstić information content (AvgIpc) is 2.82. The molecule has 3 rings (SSSR count). The molecular weight excluding hydrogens is 430 g/mol. The van der Waals surface area contributed by atoms with Crippen molar-refractivity contribution in [3.63, 3.8) is 0 Å². The van der Waals surface area contributed by atoms with E-state index < -0.39 is 23.0 Å². The first kappa shape index (κ1) is 23.3. The van der Waals surface area contributed by atoms with Crippen LogP contribution in [-0.4, -0.2) is 36.2 Å². The van der Waals surface area contributed by atoms with Gasteiger partial charge in [0.15, 0.2) is 11.9 Å². The van der Waals surface area contributed by atoms with Crippen LogP contribution in [0.3, 0.4) is 0 Å². The van der Waals surface area contributed by atoms with Crippen molar-refractivity contribution in [2.24, 2.45) is 0 Å². The quantitative estimate of drug-likeness (QED) is 0.148. The molecule has 0 spiro atoms. The summed E-state index contributed by atoms with van der Waals surface area (Å²) in [6, 6.07) is 20.7. The van der Waals surface area contributed by atoms with Gasteiger partial charge in [0.05, 0.1) is 10.5 Å². The fourth-order valence-corrected chi connectivity index (χ4v) is 2.73. The Balaban J connectivity index is 1.53. The number of benzene rings is 3. The van der Waals surface area contributed by atoms with Crippen molar-refractivity contribution in [1.82, 2.24) is 0 Å². The summed E-state index contributed by atoms with van der Waals surface area (Å²) in [5, 5.41) is 11.1. The third-order valence-corrected chi connectivity index (χ3v) is 4.31. The molecule has 0 bridgehead atoms. The van der Waals surface area contributed by atoms with E-state index in [1.54, 1.807) is 18.2 Å². The minimum atomic E-state index is -1.13. The fraction of sp³-hybridized carbons (Fsp3) is 0.167. The molecule has 1 atom stereocenters. The van der Waals surface area contributed by atoms with Gasteiger partial charge in [-0.15, -0.1) is 0 Å². The predicted octanol–water partition coefficient (Wildman–Crippen LogP) is 4.20. The van der Waals surface area contributed by atoms with Crippen LogP contribution in [0.2, 0.25) is 0 Å². The SMILES string of the molecule is CC(Oc1ccccc1[N+](=O)[O-])C(=O)Oc1cccc(C(=O)OCCOc2ccccc2)c1. The lowest BCUT2D eigenvalue weighted by molar-refractivity contribution is -0.386. The van der Waals surface area contributed by atoms with Crippen LogP contribution in [0, 0.1) is 10.1 Å². The molecule has 0 aliphatic rings. The van der Waals surface area contributed by atoms with Crippen molar-refractivity contribution in [3.8, 4) is 17.2 Å². The van der Waals surface area contributed by atoms with Crippen LogP contribution >= 0.6 is 0 Å². The van der Waals surface area contributed by atoms with Crippen molar-refractivity contribution in [2.75, 3.05) is 13.2 Å². The molecule has 0 aromatic heterocycles. The van der Waals surface area contributed by atoms with Gasteiger partial charge in [-0.2, -0.15) is 0 Å². The van der Waals surface area contributed by atoms with E-state index in [1.165, 1.54) is 49.4 Å². The number of ether oxygens (including phenoxy) is 4. The number of carbonyl (C=O) groups excluding carboxylic acids is 2. The topological polar surface area (TPSA) is 114 Å². The average molecular weight is 451 g/mol. The number of para-hydroxylation sites is 3. The molecule has 0 saturated carbocycles. The standard InChI is InChI=1S/C24H21NO8/c1-17(32-22-13-6-5-12-21(22)25(28)29)23(26)33-20-11-7-8-18(16-20)24(27)31-15-14-30-19-9-3-2-4-10-19/h2-13,16-17H,14-15H2,1H3. The van der Waals surface area contributed by atoms with Crippen LogP contribution in [-0.2, 0) is 9.53 Å². The lowest BCUT2D eigenvalue weighted by Crippen LogP contribution is -2.28. The Morgan fingerprint density at radius 3 is 2.36 bits per heavy atom. The van der Waals surface area contributed by atoms with Gasteiger partial charge in [-0.1, -0.05) is 36.4 Å². The Hall–Kier alpha value is -4.40. The second-order valence-corrected chi connectivity index (χ2v) is 6.73. The molecule has 3 aromatic carbocycles. The van der Waals surface area contributed by atoms with Crippen LogP contribution in [0.15, 0.2) is 78.9 Å². The van der Waals surface area contributed by atoms with Gasteiger partial charge in [-0.05, 0) is 43.3 Å². The fourth-order valence-electron chi connectivity index (χ4n) is 2.73.